The number of hydrogen-bond donors (Lipinski definition) is 2. The molecule has 122 valence electrons. The van der Waals surface area contributed by atoms with Crippen molar-refractivity contribution in [2.45, 2.75) is 19.1 Å². The maximum atomic E-state index is 10.1. The molecule has 2 aromatic rings. The van der Waals surface area contributed by atoms with Crippen LogP contribution in [0.4, 0.5) is 0 Å². The molecule has 1 fully saturated rings. The van der Waals surface area contributed by atoms with Crippen LogP contribution in [0.2, 0.25) is 0 Å². The van der Waals surface area contributed by atoms with Crippen molar-refractivity contribution in [3.63, 3.8) is 0 Å². The summed E-state index contributed by atoms with van der Waals surface area (Å²) in [7, 11) is 2.12. The minimum atomic E-state index is 0.181. The maximum Gasteiger partial charge on any atom is 0.161 e. The number of ether oxygens (including phenoxy) is 1. The highest BCUT2D eigenvalue weighted by Gasteiger charge is 2.30. The zero-order valence-corrected chi connectivity index (χ0v) is 13.5. The molecular weight excluding hydrogens is 288 g/mol. The normalized spacial score (nSPS) is 21.5. The number of likely N-dealkylation sites (tertiary alicyclic amines) is 1. The lowest BCUT2D eigenvalue weighted by Gasteiger charge is -2.20. The fourth-order valence-corrected chi connectivity index (χ4v) is 3.25. The molecule has 0 aliphatic carbocycles. The number of nitrogens with zero attached hydrogens (tertiary/aromatic N) is 1. The largest absolute Gasteiger partial charge is 0.504 e. The van der Waals surface area contributed by atoms with Crippen LogP contribution in [0.3, 0.4) is 0 Å². The van der Waals surface area contributed by atoms with Gasteiger partial charge in [0.1, 0.15) is 6.61 Å². The molecule has 1 saturated heterocycles. The smallest absolute Gasteiger partial charge is 0.161 e. The third-order valence-corrected chi connectivity index (χ3v) is 4.57. The topological polar surface area (TPSA) is 58.7 Å². The first-order valence-electron chi connectivity index (χ1n) is 8.07. The number of rotatable bonds is 5. The number of phenols is 1. The average molecular weight is 312 g/mol. The summed E-state index contributed by atoms with van der Waals surface area (Å²) in [5, 5.41) is 10.1. The first kappa shape index (κ1) is 15.8. The van der Waals surface area contributed by atoms with Crippen LogP contribution in [-0.4, -0.2) is 30.1 Å². The predicted molar refractivity (Wildman–Crippen MR) is 91.4 cm³/mol. The van der Waals surface area contributed by atoms with Crippen molar-refractivity contribution in [1.29, 1.82) is 0 Å². The minimum absolute atomic E-state index is 0.181. The van der Waals surface area contributed by atoms with Crippen LogP contribution >= 0.6 is 0 Å². The van der Waals surface area contributed by atoms with Gasteiger partial charge in [0.2, 0.25) is 0 Å². The highest BCUT2D eigenvalue weighted by atomic mass is 16.5. The van der Waals surface area contributed by atoms with Crippen molar-refractivity contribution in [3.05, 3.63) is 59.7 Å². The molecule has 0 radical (unpaired) electrons. The lowest BCUT2D eigenvalue weighted by atomic mass is 9.99. The molecule has 1 aliphatic heterocycles. The van der Waals surface area contributed by atoms with Crippen molar-refractivity contribution >= 4 is 0 Å². The van der Waals surface area contributed by atoms with E-state index in [1.54, 1.807) is 6.07 Å². The first-order chi connectivity index (χ1) is 11.2. The standard InChI is InChI=1S/C19H24N2O2/c1-21-12-15(11-20)9-17(21)16-7-8-18(22)19(10-16)23-13-14-5-3-2-4-6-14/h2-8,10,15,17,22H,9,11-13,20H2,1H3. The van der Waals surface area contributed by atoms with Gasteiger partial charge in [-0.15, -0.1) is 0 Å². The lowest BCUT2D eigenvalue weighted by Crippen LogP contribution is -2.20. The molecule has 2 aromatic carbocycles. The van der Waals surface area contributed by atoms with Crippen molar-refractivity contribution in [1.82, 2.24) is 4.90 Å². The van der Waals surface area contributed by atoms with Crippen LogP contribution in [-0.2, 0) is 6.61 Å². The molecule has 2 atom stereocenters. The number of nitrogens with two attached hydrogens (primary N) is 1. The zero-order chi connectivity index (χ0) is 16.2. The predicted octanol–water partition coefficient (Wildman–Crippen LogP) is 2.92. The SMILES string of the molecule is CN1CC(CN)CC1c1ccc(O)c(OCc2ccccc2)c1. The van der Waals surface area contributed by atoms with Crippen molar-refractivity contribution in [2.75, 3.05) is 20.1 Å². The summed E-state index contributed by atoms with van der Waals surface area (Å²) in [5.74, 6) is 1.25. The molecule has 3 rings (SSSR count). The van der Waals surface area contributed by atoms with Crippen LogP contribution in [0.5, 0.6) is 11.5 Å². The van der Waals surface area contributed by atoms with E-state index >= 15 is 0 Å². The molecule has 2 unspecified atom stereocenters. The third kappa shape index (κ3) is 3.66. The van der Waals surface area contributed by atoms with Gasteiger partial charge in [0.05, 0.1) is 0 Å². The van der Waals surface area contributed by atoms with Gasteiger partial charge in [0.15, 0.2) is 11.5 Å². The zero-order valence-electron chi connectivity index (χ0n) is 13.5. The maximum absolute atomic E-state index is 10.1. The molecule has 0 amide bonds. The van der Waals surface area contributed by atoms with Crippen molar-refractivity contribution in [2.24, 2.45) is 11.7 Å². The molecule has 0 aromatic heterocycles. The number of phenolic OH excluding ortho intramolecular Hbond substituents is 1. The highest BCUT2D eigenvalue weighted by Crippen LogP contribution is 2.37. The lowest BCUT2D eigenvalue weighted by molar-refractivity contribution is 0.284. The van der Waals surface area contributed by atoms with E-state index in [1.807, 2.05) is 42.5 Å². The highest BCUT2D eigenvalue weighted by molar-refractivity contribution is 5.43. The minimum Gasteiger partial charge on any atom is -0.504 e. The van der Waals surface area contributed by atoms with E-state index in [2.05, 4.69) is 11.9 Å². The summed E-state index contributed by atoms with van der Waals surface area (Å²) < 4.78 is 5.82. The molecule has 3 N–H and O–H groups in total. The van der Waals surface area contributed by atoms with Crippen LogP contribution in [0.25, 0.3) is 0 Å². The van der Waals surface area contributed by atoms with Crippen LogP contribution in [0.15, 0.2) is 48.5 Å². The second-order valence-corrected chi connectivity index (χ2v) is 6.29. The Hall–Kier alpha value is -2.04. The summed E-state index contributed by atoms with van der Waals surface area (Å²) in [6.07, 6.45) is 1.05. The molecular formula is C19H24N2O2. The van der Waals surface area contributed by atoms with E-state index in [1.165, 1.54) is 5.56 Å². The Balaban J connectivity index is 1.74. The second kappa shape index (κ2) is 7.02. The molecule has 1 aliphatic rings. The van der Waals surface area contributed by atoms with Gasteiger partial charge in [-0.05, 0) is 49.2 Å². The average Bonchev–Trinajstić information content (AvgIpc) is 2.96. The molecule has 23 heavy (non-hydrogen) atoms. The molecule has 1 heterocycles. The summed E-state index contributed by atoms with van der Waals surface area (Å²) in [4.78, 5) is 2.32. The van der Waals surface area contributed by atoms with Gasteiger partial charge in [0, 0.05) is 12.6 Å². The Morgan fingerprint density at radius 3 is 2.70 bits per heavy atom. The number of benzene rings is 2. The fraction of sp³-hybridized carbons (Fsp3) is 0.368. The molecule has 4 heteroatoms. The Labute approximate surface area is 137 Å². The van der Waals surface area contributed by atoms with Gasteiger partial charge in [-0.2, -0.15) is 0 Å². The number of hydrogen-bond acceptors (Lipinski definition) is 4. The van der Waals surface area contributed by atoms with E-state index in [9.17, 15) is 5.11 Å². The van der Waals surface area contributed by atoms with Crippen molar-refractivity contribution < 1.29 is 9.84 Å². The van der Waals surface area contributed by atoms with Crippen LogP contribution in [0.1, 0.15) is 23.6 Å². The van der Waals surface area contributed by atoms with E-state index < -0.39 is 0 Å². The van der Waals surface area contributed by atoms with E-state index in [-0.39, 0.29) is 5.75 Å². The second-order valence-electron chi connectivity index (χ2n) is 6.29. The Morgan fingerprint density at radius 2 is 2.00 bits per heavy atom. The monoisotopic (exact) mass is 312 g/mol. The quantitative estimate of drug-likeness (QED) is 0.891. The Morgan fingerprint density at radius 1 is 1.22 bits per heavy atom. The van der Waals surface area contributed by atoms with Gasteiger partial charge in [-0.1, -0.05) is 36.4 Å². The Bertz CT molecular complexity index is 645. The third-order valence-electron chi connectivity index (χ3n) is 4.57. The van der Waals surface area contributed by atoms with E-state index in [4.69, 9.17) is 10.5 Å². The van der Waals surface area contributed by atoms with Gasteiger partial charge in [0.25, 0.3) is 0 Å². The van der Waals surface area contributed by atoms with Gasteiger partial charge >= 0.3 is 0 Å². The summed E-state index contributed by atoms with van der Waals surface area (Å²) in [5.41, 5.74) is 8.06. The van der Waals surface area contributed by atoms with Crippen LogP contribution < -0.4 is 10.5 Å². The molecule has 0 bridgehead atoms. The molecule has 0 spiro atoms. The van der Waals surface area contributed by atoms with E-state index in [0.29, 0.717) is 24.3 Å². The fourth-order valence-electron chi connectivity index (χ4n) is 3.25. The number of aromatic hydroxyl groups is 1. The first-order valence-corrected chi connectivity index (χ1v) is 8.07. The van der Waals surface area contributed by atoms with Gasteiger partial charge < -0.3 is 15.6 Å². The van der Waals surface area contributed by atoms with E-state index in [0.717, 1.165) is 25.1 Å². The molecule has 0 saturated carbocycles. The van der Waals surface area contributed by atoms with Gasteiger partial charge in [-0.3, -0.25) is 4.90 Å². The summed E-state index contributed by atoms with van der Waals surface area (Å²) in [6, 6.07) is 16.0. The summed E-state index contributed by atoms with van der Waals surface area (Å²) >= 11 is 0. The Kier molecular flexibility index (Phi) is 4.84. The summed E-state index contributed by atoms with van der Waals surface area (Å²) in [6.45, 7) is 2.18. The van der Waals surface area contributed by atoms with Gasteiger partial charge in [-0.25, -0.2) is 0 Å². The molecule has 4 nitrogen and oxygen atoms in total. The van der Waals surface area contributed by atoms with Crippen molar-refractivity contribution in [3.8, 4) is 11.5 Å². The van der Waals surface area contributed by atoms with Crippen LogP contribution in [0, 0.1) is 5.92 Å².